The average molecular weight is 1440 g/mol. The summed E-state index contributed by atoms with van der Waals surface area (Å²) in [7, 11) is 0. The largest absolute Gasteiger partial charge is 0.455 e. The zero-order chi connectivity index (χ0) is 75.3. The molecule has 4 aromatic rings. The van der Waals surface area contributed by atoms with E-state index in [2.05, 4.69) is 26.6 Å². The maximum absolute atomic E-state index is 15.9. The second kappa shape index (κ2) is 33.8. The molecular weight excluding hydrogens is 1360 g/mol. The van der Waals surface area contributed by atoms with Gasteiger partial charge in [0.1, 0.15) is 48.1 Å². The number of hydrogen-bond donors (Lipinski definition) is 9. The van der Waals surface area contributed by atoms with Crippen LogP contribution in [-0.2, 0) is 81.2 Å². The van der Waals surface area contributed by atoms with Gasteiger partial charge < -0.3 is 76.7 Å². The van der Waals surface area contributed by atoms with Crippen molar-refractivity contribution in [3.63, 3.8) is 0 Å². The number of amides is 7. The molecule has 28 nitrogen and oxygen atoms in total. The molecule has 1 aliphatic heterocycles. The predicted octanol–water partition coefficient (Wildman–Crippen LogP) is 3.95. The number of benzene rings is 4. The van der Waals surface area contributed by atoms with Gasteiger partial charge in [-0.3, -0.25) is 52.7 Å². The molecule has 1 heterocycles. The highest BCUT2D eigenvalue weighted by Crippen LogP contribution is 2.64. The summed E-state index contributed by atoms with van der Waals surface area (Å²) < 4.78 is 37.0. The molecule has 2 bridgehead atoms. The molecule has 3 fully saturated rings. The Bertz CT molecular complexity index is 3930. The summed E-state index contributed by atoms with van der Waals surface area (Å²) >= 11 is 5.90. The standard InChI is InChI=1S/C74H86ClN7O21/c1-40-51(38-74(97)64(102-69(95)47-23-15-10-16-24-47)62-72(7,52(85)37-53-73(62,39-98-53)103-43(4)84)63(90)60(99-42(3)83)58(40)71(74,5)6)100-70(96)61(59(45-19-11-8-12-20-45)82-68(94)46-21-13-9-14-22-46)101-57(89)35-34-54(86)78-36-18-17-25-49(65(76)91)80-56(88)33-31-50(66(77)92)81-67(93)41(2)79-55(87)32-28-44-26-29-48(75)30-27-44/h8-16,19-24,26-30,32,41,49-53,59-62,64,85,97H,17-18,25,31,33-39H2,1-7H3,(H2,76,91)(H2,77,92)(H,78,86)(H,79,87)(H,80,88)(H,81,93)(H,82,94)/b32-28+/t41?,49?,50-,51-,52-,53+,59+,60+,61+,62-,64-,72+,73-,74+/m0/s1. The van der Waals surface area contributed by atoms with Crippen molar-refractivity contribution in [1.82, 2.24) is 26.6 Å². The number of carbonyl (C=O) groups excluding carboxylic acids is 13. The molecule has 7 amide bonds. The number of ketones is 1. The van der Waals surface area contributed by atoms with Gasteiger partial charge >= 0.3 is 29.8 Å². The van der Waals surface area contributed by atoms with Crippen LogP contribution >= 0.6 is 11.6 Å². The summed E-state index contributed by atoms with van der Waals surface area (Å²) in [4.78, 5) is 178. The summed E-state index contributed by atoms with van der Waals surface area (Å²) in [5.41, 5.74) is 3.57. The number of esters is 5. The zero-order valence-electron chi connectivity index (χ0n) is 57.9. The van der Waals surface area contributed by atoms with E-state index in [9.17, 15) is 63.0 Å². The van der Waals surface area contributed by atoms with Crippen molar-refractivity contribution in [2.45, 2.75) is 178 Å². The summed E-state index contributed by atoms with van der Waals surface area (Å²) in [6, 6.07) is 24.7. The van der Waals surface area contributed by atoms with E-state index >= 15 is 9.59 Å². The second-order valence-electron chi connectivity index (χ2n) is 26.8. The number of hydrogen-bond acceptors (Lipinski definition) is 21. The van der Waals surface area contributed by atoms with Gasteiger partial charge in [0, 0.05) is 68.2 Å². The molecule has 11 N–H and O–H groups in total. The summed E-state index contributed by atoms with van der Waals surface area (Å²) in [5, 5.41) is 39.8. The molecule has 550 valence electrons. The van der Waals surface area contributed by atoms with Crippen LogP contribution in [0.5, 0.6) is 0 Å². The van der Waals surface area contributed by atoms with Gasteiger partial charge in [0.2, 0.25) is 41.5 Å². The molecule has 14 atom stereocenters. The monoisotopic (exact) mass is 1440 g/mol. The van der Waals surface area contributed by atoms with Gasteiger partial charge in [-0.05, 0) is 111 Å². The number of aliphatic hydroxyl groups excluding tert-OH is 1. The Morgan fingerprint density at radius 1 is 0.718 bits per heavy atom. The number of primary amides is 2. The Hall–Kier alpha value is -10.2. The molecule has 1 saturated heterocycles. The van der Waals surface area contributed by atoms with Gasteiger partial charge in [0.15, 0.2) is 17.5 Å². The van der Waals surface area contributed by atoms with E-state index < -0.39 is 192 Å². The first-order valence-corrected chi connectivity index (χ1v) is 34.0. The van der Waals surface area contributed by atoms with E-state index in [-0.39, 0.29) is 72.9 Å². The summed E-state index contributed by atoms with van der Waals surface area (Å²) in [6.45, 7) is 8.90. The van der Waals surface area contributed by atoms with Gasteiger partial charge in [-0.25, -0.2) is 9.59 Å². The van der Waals surface area contributed by atoms with Gasteiger partial charge in [-0.2, -0.15) is 0 Å². The molecule has 103 heavy (non-hydrogen) atoms. The van der Waals surface area contributed by atoms with Gasteiger partial charge in [0.05, 0.1) is 36.0 Å². The fourth-order valence-corrected chi connectivity index (χ4v) is 14.1. The maximum Gasteiger partial charge on any atom is 0.350 e. The average Bonchev–Trinajstić information content (AvgIpc) is 0.669. The first-order chi connectivity index (χ1) is 48.7. The van der Waals surface area contributed by atoms with E-state index in [0.717, 1.165) is 13.8 Å². The molecule has 8 rings (SSSR count). The number of Topliss-reactive ketones (excluding diaryl/α,β-unsaturated/α-hetero) is 1. The predicted molar refractivity (Wildman–Crippen MR) is 367 cm³/mol. The highest BCUT2D eigenvalue weighted by molar-refractivity contribution is 6.30. The Labute approximate surface area is 599 Å². The first kappa shape index (κ1) is 78.6. The van der Waals surface area contributed by atoms with Crippen LogP contribution in [0.1, 0.15) is 144 Å². The lowest BCUT2D eigenvalue weighted by atomic mass is 9.44. The van der Waals surface area contributed by atoms with E-state index in [1.807, 2.05) is 0 Å². The Morgan fingerprint density at radius 3 is 1.92 bits per heavy atom. The minimum atomic E-state index is -2.57. The number of halogens is 1. The Balaban J connectivity index is 0.982. The number of nitrogens with two attached hydrogens (primary N) is 2. The fourth-order valence-electron chi connectivity index (χ4n) is 14.0. The second-order valence-corrected chi connectivity index (χ2v) is 27.2. The van der Waals surface area contributed by atoms with Crippen LogP contribution in [0.25, 0.3) is 6.08 Å². The molecule has 0 radical (unpaired) electrons. The van der Waals surface area contributed by atoms with Crippen molar-refractivity contribution in [2.75, 3.05) is 13.2 Å². The minimum absolute atomic E-state index is 0.00224. The quantitative estimate of drug-likeness (QED) is 0.0117. The van der Waals surface area contributed by atoms with Crippen molar-refractivity contribution in [1.29, 1.82) is 0 Å². The maximum atomic E-state index is 15.9. The smallest absolute Gasteiger partial charge is 0.350 e. The van der Waals surface area contributed by atoms with Crippen LogP contribution in [0.4, 0.5) is 0 Å². The Kier molecular flexibility index (Phi) is 25.7. The van der Waals surface area contributed by atoms with Crippen molar-refractivity contribution >= 4 is 94.7 Å². The van der Waals surface area contributed by atoms with Crippen molar-refractivity contribution < 1.29 is 101 Å². The third-order valence-corrected chi connectivity index (χ3v) is 19.8. The van der Waals surface area contributed by atoms with Gasteiger partial charge in [0.25, 0.3) is 5.91 Å². The van der Waals surface area contributed by atoms with E-state index in [1.165, 1.54) is 83.2 Å². The third kappa shape index (κ3) is 18.2. The number of rotatable bonds is 30. The number of fused-ring (bicyclic) bond motifs is 5. The minimum Gasteiger partial charge on any atom is -0.455 e. The molecular formula is C74H86ClN7O21. The van der Waals surface area contributed by atoms with Crippen LogP contribution in [0, 0.1) is 16.7 Å². The topological polar surface area (TPSA) is 430 Å². The zero-order valence-corrected chi connectivity index (χ0v) is 58.7. The lowest BCUT2D eigenvalue weighted by Crippen LogP contribution is -2.82. The molecule has 4 aromatic carbocycles. The summed E-state index contributed by atoms with van der Waals surface area (Å²) in [5.74, 6) is -13.4. The number of aliphatic hydroxyl groups is 2. The lowest BCUT2D eigenvalue weighted by molar-refractivity contribution is -0.346. The normalized spacial score (nSPS) is 24.5. The number of unbranched alkanes of at least 4 members (excludes halogenated alkanes) is 1. The van der Waals surface area contributed by atoms with Crippen molar-refractivity contribution in [3.8, 4) is 0 Å². The molecule has 29 heteroatoms. The third-order valence-electron chi connectivity index (χ3n) is 19.6. The SMILES string of the molecule is CC(=O)O[C@H]1C(=O)[C@@]2(C)[C@H]([C@H](OC(=O)c3ccccc3)[C@]3(O)C[C@H](OC(=O)[C@H](OC(=O)CCC(=O)NCCCCC(NC(=O)CC[C@H](NC(=O)C(C)NC(=O)/C=C/c4ccc(Cl)cc4)C(N)=O)C(N)=O)[C@H](NC(=O)c4ccccc4)c4ccccc4)C(C)=C1C3(C)C)[C@]1(OC(C)=O)CO[C@@H]1C[C@@H]2O. The lowest BCUT2D eigenvalue weighted by Gasteiger charge is -2.67. The number of carbonyl (C=O) groups is 13. The van der Waals surface area contributed by atoms with Crippen LogP contribution in [0.3, 0.4) is 0 Å². The van der Waals surface area contributed by atoms with Crippen LogP contribution in [-0.4, -0.2) is 166 Å². The van der Waals surface area contributed by atoms with E-state index in [0.29, 0.717) is 10.6 Å². The highest BCUT2D eigenvalue weighted by atomic mass is 35.5. The van der Waals surface area contributed by atoms with Crippen molar-refractivity contribution in [2.24, 2.45) is 28.2 Å². The van der Waals surface area contributed by atoms with E-state index in [1.54, 1.807) is 78.9 Å². The summed E-state index contributed by atoms with van der Waals surface area (Å²) in [6.07, 6.45) is -10.3. The van der Waals surface area contributed by atoms with Crippen molar-refractivity contribution in [3.05, 3.63) is 160 Å². The molecule has 2 unspecified atom stereocenters. The van der Waals surface area contributed by atoms with Crippen LogP contribution in [0.15, 0.2) is 132 Å². The number of ether oxygens (including phenoxy) is 6. The molecule has 4 aliphatic rings. The van der Waals surface area contributed by atoms with Gasteiger partial charge in [-0.1, -0.05) is 104 Å². The molecule has 3 aliphatic carbocycles. The van der Waals surface area contributed by atoms with Gasteiger partial charge in [-0.15, -0.1) is 0 Å². The highest BCUT2D eigenvalue weighted by Gasteiger charge is 2.78. The Morgan fingerprint density at radius 2 is 1.33 bits per heavy atom. The molecule has 0 aromatic heterocycles. The first-order valence-electron chi connectivity index (χ1n) is 33.6. The fraction of sp³-hybridized carbons (Fsp3) is 0.446. The molecule has 2 saturated carbocycles. The van der Waals surface area contributed by atoms with Crippen LogP contribution < -0.4 is 38.1 Å². The number of nitrogens with one attached hydrogen (secondary N) is 5. The van der Waals surface area contributed by atoms with Crippen LogP contribution in [0.2, 0.25) is 5.02 Å². The van der Waals surface area contributed by atoms with E-state index in [4.69, 9.17) is 51.5 Å². The molecule has 0 spiro atoms.